The molecule has 1 N–H and O–H groups in total. The smallest absolute Gasteiger partial charge is 0.218 e. The van der Waals surface area contributed by atoms with Gasteiger partial charge in [-0.05, 0) is 18.6 Å². The maximum atomic E-state index is 12.6. The fourth-order valence-electron chi connectivity index (χ4n) is 2.72. The van der Waals surface area contributed by atoms with Crippen LogP contribution in [-0.4, -0.2) is 43.4 Å². The van der Waals surface area contributed by atoms with Crippen molar-refractivity contribution >= 4 is 20.9 Å². The molecule has 1 saturated heterocycles. The van der Waals surface area contributed by atoms with Gasteiger partial charge in [0.2, 0.25) is 10.0 Å². The molecule has 1 unspecified atom stereocenters. The lowest BCUT2D eigenvalue weighted by Gasteiger charge is -2.31. The average molecular weight is 305 g/mol. The molecule has 1 aliphatic heterocycles. The lowest BCUT2D eigenvalue weighted by molar-refractivity contribution is 0.310. The molecule has 1 atom stereocenters. The zero-order chi connectivity index (χ0) is 14.9. The van der Waals surface area contributed by atoms with Crippen LogP contribution in [0.1, 0.15) is 12.5 Å². The van der Waals surface area contributed by atoms with E-state index in [1.165, 1.54) is 0 Å². The van der Waals surface area contributed by atoms with Crippen LogP contribution in [0.15, 0.2) is 36.5 Å². The van der Waals surface area contributed by atoms with Crippen molar-refractivity contribution in [1.29, 1.82) is 0 Å². The maximum Gasteiger partial charge on any atom is 0.218 e. The summed E-state index contributed by atoms with van der Waals surface area (Å²) in [6.07, 6.45) is 1.70. The fourth-order valence-corrected chi connectivity index (χ4v) is 4.35. The summed E-state index contributed by atoms with van der Waals surface area (Å²) in [4.78, 5) is 4.33. The van der Waals surface area contributed by atoms with Crippen molar-refractivity contribution < 1.29 is 8.42 Å². The second-order valence-corrected chi connectivity index (χ2v) is 7.43. The van der Waals surface area contributed by atoms with Crippen molar-refractivity contribution in [1.82, 2.24) is 14.6 Å². The fraction of sp³-hybridized carbons (Fsp3) is 0.400. The monoisotopic (exact) mass is 305 g/mol. The van der Waals surface area contributed by atoms with E-state index >= 15 is 0 Å². The van der Waals surface area contributed by atoms with Crippen molar-refractivity contribution in [2.45, 2.75) is 18.7 Å². The molecule has 3 rings (SSSR count). The maximum absolute atomic E-state index is 12.6. The van der Waals surface area contributed by atoms with Crippen LogP contribution in [0.3, 0.4) is 0 Å². The van der Waals surface area contributed by atoms with Crippen LogP contribution in [-0.2, 0) is 15.8 Å². The number of hydrogen-bond acceptors (Lipinski definition) is 4. The third-order valence-electron chi connectivity index (χ3n) is 3.78. The van der Waals surface area contributed by atoms with E-state index in [4.69, 9.17) is 0 Å². The number of rotatable bonds is 3. The number of sulfonamides is 1. The van der Waals surface area contributed by atoms with Crippen molar-refractivity contribution in [3.8, 4) is 0 Å². The second kappa shape index (κ2) is 5.71. The van der Waals surface area contributed by atoms with Gasteiger partial charge in [0.15, 0.2) is 0 Å². The number of nitrogens with one attached hydrogen (secondary N) is 1. The quantitative estimate of drug-likeness (QED) is 0.930. The molecule has 1 fully saturated rings. The topological polar surface area (TPSA) is 62.3 Å². The van der Waals surface area contributed by atoms with Crippen LogP contribution in [0, 0.1) is 0 Å². The van der Waals surface area contributed by atoms with Crippen LogP contribution in [0.25, 0.3) is 10.9 Å². The predicted octanol–water partition coefficient (Wildman–Crippen LogP) is 1.36. The SMILES string of the molecule is CC1CN(S(=O)(=O)Cc2cccc3cccnc23)CCN1. The van der Waals surface area contributed by atoms with Gasteiger partial charge >= 0.3 is 0 Å². The second-order valence-electron chi connectivity index (χ2n) is 5.46. The van der Waals surface area contributed by atoms with E-state index in [2.05, 4.69) is 10.3 Å². The molecule has 0 aliphatic carbocycles. The Morgan fingerprint density at radius 1 is 1.33 bits per heavy atom. The largest absolute Gasteiger partial charge is 0.312 e. The van der Waals surface area contributed by atoms with Gasteiger partial charge < -0.3 is 5.32 Å². The Hall–Kier alpha value is -1.50. The molecule has 1 aromatic carbocycles. The van der Waals surface area contributed by atoms with E-state index in [-0.39, 0.29) is 11.8 Å². The van der Waals surface area contributed by atoms with Gasteiger partial charge in [0.25, 0.3) is 0 Å². The van der Waals surface area contributed by atoms with Gasteiger partial charge in [-0.15, -0.1) is 0 Å². The minimum atomic E-state index is -3.31. The van der Waals surface area contributed by atoms with Crippen molar-refractivity contribution in [2.75, 3.05) is 19.6 Å². The molecule has 5 nitrogen and oxygen atoms in total. The van der Waals surface area contributed by atoms with E-state index in [0.29, 0.717) is 19.6 Å². The highest BCUT2D eigenvalue weighted by atomic mass is 32.2. The summed E-state index contributed by atoms with van der Waals surface area (Å²) in [7, 11) is -3.31. The molecular formula is C15H19N3O2S. The summed E-state index contributed by atoms with van der Waals surface area (Å²) in [6, 6.07) is 9.68. The number of aromatic nitrogens is 1. The van der Waals surface area contributed by atoms with E-state index in [0.717, 1.165) is 16.5 Å². The Morgan fingerprint density at radius 3 is 2.95 bits per heavy atom. The minimum absolute atomic E-state index is 0.00801. The normalized spacial score (nSPS) is 20.7. The third-order valence-corrected chi connectivity index (χ3v) is 5.57. The third kappa shape index (κ3) is 3.07. The van der Waals surface area contributed by atoms with E-state index in [1.54, 1.807) is 10.5 Å². The Labute approximate surface area is 125 Å². The Kier molecular flexibility index (Phi) is 3.93. The zero-order valence-corrected chi connectivity index (χ0v) is 12.8. The van der Waals surface area contributed by atoms with Crippen molar-refractivity contribution in [3.63, 3.8) is 0 Å². The molecule has 1 aromatic heterocycles. The average Bonchev–Trinajstić information content (AvgIpc) is 2.47. The first-order chi connectivity index (χ1) is 10.1. The molecule has 0 bridgehead atoms. The van der Waals surface area contributed by atoms with Gasteiger partial charge in [0.05, 0.1) is 11.3 Å². The molecule has 112 valence electrons. The van der Waals surface area contributed by atoms with Gasteiger partial charge in [0.1, 0.15) is 0 Å². The summed E-state index contributed by atoms with van der Waals surface area (Å²) >= 11 is 0. The summed E-state index contributed by atoms with van der Waals surface area (Å²) in [5.74, 6) is 0.00801. The van der Waals surface area contributed by atoms with Crippen LogP contribution >= 0.6 is 0 Å². The first-order valence-electron chi connectivity index (χ1n) is 7.10. The van der Waals surface area contributed by atoms with Gasteiger partial charge in [-0.1, -0.05) is 24.3 Å². The Bertz CT molecular complexity index is 740. The van der Waals surface area contributed by atoms with Gasteiger partial charge in [0, 0.05) is 37.3 Å². The van der Waals surface area contributed by atoms with Crippen molar-refractivity contribution in [3.05, 3.63) is 42.1 Å². The summed E-state index contributed by atoms with van der Waals surface area (Å²) in [5, 5.41) is 4.23. The molecule has 0 saturated carbocycles. The number of nitrogens with zero attached hydrogens (tertiary/aromatic N) is 2. The molecule has 21 heavy (non-hydrogen) atoms. The standard InChI is InChI=1S/C15H19N3O2S/c1-12-10-18(9-8-16-12)21(19,20)11-14-5-2-4-13-6-3-7-17-15(13)14/h2-7,12,16H,8-11H2,1H3. The number of pyridine rings is 1. The number of hydrogen-bond donors (Lipinski definition) is 1. The van der Waals surface area contributed by atoms with E-state index < -0.39 is 10.0 Å². The van der Waals surface area contributed by atoms with E-state index in [9.17, 15) is 8.42 Å². The van der Waals surface area contributed by atoms with Crippen LogP contribution < -0.4 is 5.32 Å². The van der Waals surface area contributed by atoms with Crippen LogP contribution in [0.2, 0.25) is 0 Å². The van der Waals surface area contributed by atoms with Gasteiger partial charge in [-0.2, -0.15) is 4.31 Å². The lowest BCUT2D eigenvalue weighted by atomic mass is 10.1. The highest BCUT2D eigenvalue weighted by Gasteiger charge is 2.27. The first kappa shape index (κ1) is 14.4. The van der Waals surface area contributed by atoms with E-state index in [1.807, 2.05) is 37.3 Å². The zero-order valence-electron chi connectivity index (χ0n) is 12.0. The minimum Gasteiger partial charge on any atom is -0.312 e. The molecule has 6 heteroatoms. The number of para-hydroxylation sites is 1. The molecule has 0 radical (unpaired) electrons. The summed E-state index contributed by atoms with van der Waals surface area (Å²) in [6.45, 7) is 3.76. The van der Waals surface area contributed by atoms with Gasteiger partial charge in [-0.25, -0.2) is 8.42 Å². The number of benzene rings is 1. The molecule has 1 aliphatic rings. The molecule has 0 amide bonds. The highest BCUT2D eigenvalue weighted by Crippen LogP contribution is 2.20. The van der Waals surface area contributed by atoms with Crippen LogP contribution in [0.4, 0.5) is 0 Å². The molecule has 0 spiro atoms. The highest BCUT2D eigenvalue weighted by molar-refractivity contribution is 7.88. The summed E-state index contributed by atoms with van der Waals surface area (Å²) < 4.78 is 26.8. The number of fused-ring (bicyclic) bond motifs is 1. The van der Waals surface area contributed by atoms with Gasteiger partial charge in [-0.3, -0.25) is 4.98 Å². The summed E-state index contributed by atoms with van der Waals surface area (Å²) in [5.41, 5.74) is 1.53. The molecule has 2 heterocycles. The lowest BCUT2D eigenvalue weighted by Crippen LogP contribution is -2.51. The number of piperazine rings is 1. The van der Waals surface area contributed by atoms with Crippen LogP contribution in [0.5, 0.6) is 0 Å². The Balaban J connectivity index is 1.90. The Morgan fingerprint density at radius 2 is 2.14 bits per heavy atom. The first-order valence-corrected chi connectivity index (χ1v) is 8.71. The molecule has 2 aromatic rings. The van der Waals surface area contributed by atoms with Crippen molar-refractivity contribution in [2.24, 2.45) is 0 Å². The predicted molar refractivity (Wildman–Crippen MR) is 83.4 cm³/mol. The molecular weight excluding hydrogens is 286 g/mol.